The molecule has 2 N–H and O–H groups in total. The van der Waals surface area contributed by atoms with Gasteiger partial charge in [-0.05, 0) is 18.2 Å². The first-order valence-electron chi connectivity index (χ1n) is 4.97. The van der Waals surface area contributed by atoms with Crippen LogP contribution in [0, 0.1) is 5.82 Å². The van der Waals surface area contributed by atoms with Gasteiger partial charge < -0.3 is 10.4 Å². The van der Waals surface area contributed by atoms with E-state index in [0.29, 0.717) is 0 Å². The molecule has 1 amide bonds. The van der Waals surface area contributed by atoms with Gasteiger partial charge in [-0.1, -0.05) is 11.6 Å². The maximum absolute atomic E-state index is 13.4. The molecule has 0 radical (unpaired) electrons. The molecule has 4 nitrogen and oxygen atoms in total. The highest BCUT2D eigenvalue weighted by molar-refractivity contribution is 6.34. The molecule has 0 aliphatic rings. The van der Waals surface area contributed by atoms with Gasteiger partial charge in [0.1, 0.15) is 11.6 Å². The van der Waals surface area contributed by atoms with Crippen molar-refractivity contribution >= 4 is 23.2 Å². The Bertz CT molecular complexity index is 604. The molecule has 1 heterocycles. The van der Waals surface area contributed by atoms with Gasteiger partial charge in [0.15, 0.2) is 0 Å². The van der Waals surface area contributed by atoms with Gasteiger partial charge in [0.05, 0.1) is 16.3 Å². The van der Waals surface area contributed by atoms with Crippen LogP contribution in [0.5, 0.6) is 5.75 Å². The topological polar surface area (TPSA) is 62.2 Å². The number of halogens is 2. The van der Waals surface area contributed by atoms with Crippen molar-refractivity contribution in [2.75, 3.05) is 5.32 Å². The molecule has 0 saturated carbocycles. The van der Waals surface area contributed by atoms with Gasteiger partial charge in [-0.15, -0.1) is 0 Å². The number of carbonyl (C=O) groups is 1. The molecule has 0 atom stereocenters. The number of carbonyl (C=O) groups excluding carboxylic acids is 1. The van der Waals surface area contributed by atoms with Crippen LogP contribution in [0.25, 0.3) is 0 Å². The lowest BCUT2D eigenvalue weighted by atomic mass is 10.2. The third kappa shape index (κ3) is 2.57. The summed E-state index contributed by atoms with van der Waals surface area (Å²) in [5, 5.41) is 11.6. The number of phenolic OH excluding ortho intramolecular Hbond substituents is 1. The quantitative estimate of drug-likeness (QED) is 0.822. The molecule has 92 valence electrons. The second-order valence-corrected chi connectivity index (χ2v) is 3.88. The van der Waals surface area contributed by atoms with Crippen LogP contribution in [0.3, 0.4) is 0 Å². The van der Waals surface area contributed by atoms with E-state index in [1.807, 2.05) is 0 Å². The van der Waals surface area contributed by atoms with Gasteiger partial charge in [0.2, 0.25) is 0 Å². The summed E-state index contributed by atoms with van der Waals surface area (Å²) >= 11 is 5.79. The summed E-state index contributed by atoms with van der Waals surface area (Å²) in [5.74, 6) is -1.49. The Labute approximate surface area is 107 Å². The van der Waals surface area contributed by atoms with E-state index in [9.17, 15) is 9.18 Å². The number of rotatable bonds is 2. The fourth-order valence-corrected chi connectivity index (χ4v) is 1.56. The average Bonchev–Trinajstić information content (AvgIpc) is 2.33. The molecule has 18 heavy (non-hydrogen) atoms. The molecule has 2 rings (SSSR count). The van der Waals surface area contributed by atoms with Gasteiger partial charge in [0, 0.05) is 18.5 Å². The number of phenols is 1. The molecule has 0 unspecified atom stereocenters. The molecule has 0 fully saturated rings. The number of aromatic nitrogens is 1. The number of aromatic hydroxyl groups is 1. The summed E-state index contributed by atoms with van der Waals surface area (Å²) in [7, 11) is 0. The number of amides is 1. The Morgan fingerprint density at radius 2 is 2.17 bits per heavy atom. The van der Waals surface area contributed by atoms with Crippen LogP contribution >= 0.6 is 11.6 Å². The van der Waals surface area contributed by atoms with Crippen LogP contribution < -0.4 is 5.32 Å². The summed E-state index contributed by atoms with van der Waals surface area (Å²) in [6.45, 7) is 0. The molecular weight excluding hydrogens is 259 g/mol. The van der Waals surface area contributed by atoms with Crippen molar-refractivity contribution in [3.63, 3.8) is 0 Å². The van der Waals surface area contributed by atoms with Crippen molar-refractivity contribution < 1.29 is 14.3 Å². The number of hydrogen-bond acceptors (Lipinski definition) is 3. The van der Waals surface area contributed by atoms with Crippen LogP contribution in [0.1, 0.15) is 10.4 Å². The molecule has 1 aromatic heterocycles. The molecule has 0 bridgehead atoms. The first-order valence-corrected chi connectivity index (χ1v) is 5.35. The van der Waals surface area contributed by atoms with E-state index in [-0.39, 0.29) is 22.0 Å². The molecule has 0 aliphatic carbocycles. The Hall–Kier alpha value is -2.14. The summed E-state index contributed by atoms with van der Waals surface area (Å²) < 4.78 is 13.4. The summed E-state index contributed by atoms with van der Waals surface area (Å²) in [6, 6.07) is 4.87. The van der Waals surface area contributed by atoms with Crippen molar-refractivity contribution in [1.82, 2.24) is 4.98 Å². The fraction of sp³-hybridized carbons (Fsp3) is 0. The third-order valence-corrected chi connectivity index (χ3v) is 2.52. The molecule has 2 aromatic rings. The van der Waals surface area contributed by atoms with Crippen molar-refractivity contribution in [2.45, 2.75) is 0 Å². The molecule has 0 spiro atoms. The maximum atomic E-state index is 13.4. The number of pyridine rings is 1. The minimum Gasteiger partial charge on any atom is -0.508 e. The number of benzene rings is 1. The number of nitrogens with zero attached hydrogens (tertiary/aromatic N) is 1. The van der Waals surface area contributed by atoms with Crippen LogP contribution in [-0.4, -0.2) is 16.0 Å². The monoisotopic (exact) mass is 266 g/mol. The Morgan fingerprint density at radius 3 is 2.83 bits per heavy atom. The zero-order valence-electron chi connectivity index (χ0n) is 9.02. The molecule has 0 saturated heterocycles. The van der Waals surface area contributed by atoms with Crippen LogP contribution in [0.4, 0.5) is 10.1 Å². The highest BCUT2D eigenvalue weighted by Gasteiger charge is 2.12. The van der Waals surface area contributed by atoms with E-state index in [4.69, 9.17) is 16.7 Å². The van der Waals surface area contributed by atoms with Crippen molar-refractivity contribution in [1.29, 1.82) is 0 Å². The van der Waals surface area contributed by atoms with Gasteiger partial charge in [0.25, 0.3) is 5.91 Å². The highest BCUT2D eigenvalue weighted by atomic mass is 35.5. The van der Waals surface area contributed by atoms with Gasteiger partial charge in [-0.2, -0.15) is 0 Å². The minimum absolute atomic E-state index is 0.0364. The number of nitrogens with one attached hydrogen (secondary N) is 1. The zero-order valence-corrected chi connectivity index (χ0v) is 9.78. The third-order valence-electron chi connectivity index (χ3n) is 2.22. The predicted molar refractivity (Wildman–Crippen MR) is 65.3 cm³/mol. The minimum atomic E-state index is -0.728. The average molecular weight is 267 g/mol. The Balaban J connectivity index is 2.24. The lowest BCUT2D eigenvalue weighted by molar-refractivity contribution is 0.102. The standard InChI is InChI=1S/C12H8ClFN2O2/c13-9-6-15-4-3-8(9)12(18)16-11-2-1-7(17)5-10(11)14/h1-6,17H,(H,16,18). The zero-order chi connectivity index (χ0) is 13.1. The van der Waals surface area contributed by atoms with Gasteiger partial charge in [-0.25, -0.2) is 4.39 Å². The smallest absolute Gasteiger partial charge is 0.257 e. The fourth-order valence-electron chi connectivity index (χ4n) is 1.35. The summed E-state index contributed by atoms with van der Waals surface area (Å²) in [6.07, 6.45) is 2.73. The van der Waals surface area contributed by atoms with Crippen LogP contribution in [0.2, 0.25) is 5.02 Å². The number of hydrogen-bond donors (Lipinski definition) is 2. The summed E-state index contributed by atoms with van der Waals surface area (Å²) in [5.41, 5.74) is 0.157. The second kappa shape index (κ2) is 5.01. The van der Waals surface area contributed by atoms with Gasteiger partial charge >= 0.3 is 0 Å². The lowest BCUT2D eigenvalue weighted by Gasteiger charge is -2.07. The molecule has 0 aliphatic heterocycles. The molecule has 6 heteroatoms. The van der Waals surface area contributed by atoms with E-state index in [0.717, 1.165) is 6.07 Å². The van der Waals surface area contributed by atoms with E-state index in [1.54, 1.807) is 0 Å². The normalized spacial score (nSPS) is 10.1. The van der Waals surface area contributed by atoms with E-state index < -0.39 is 11.7 Å². The Kier molecular flexibility index (Phi) is 3.43. The van der Waals surface area contributed by atoms with Gasteiger partial charge in [-0.3, -0.25) is 9.78 Å². The van der Waals surface area contributed by atoms with E-state index in [1.165, 1.54) is 30.6 Å². The second-order valence-electron chi connectivity index (χ2n) is 3.47. The Morgan fingerprint density at radius 1 is 1.39 bits per heavy atom. The van der Waals surface area contributed by atoms with Crippen molar-refractivity contribution in [2.24, 2.45) is 0 Å². The van der Waals surface area contributed by atoms with Crippen molar-refractivity contribution in [3.8, 4) is 5.75 Å². The SMILES string of the molecule is O=C(Nc1ccc(O)cc1F)c1ccncc1Cl. The van der Waals surface area contributed by atoms with Crippen molar-refractivity contribution in [3.05, 3.63) is 53.1 Å². The first kappa shape index (κ1) is 12.3. The largest absolute Gasteiger partial charge is 0.508 e. The molecular formula is C12H8ClFN2O2. The highest BCUT2D eigenvalue weighted by Crippen LogP contribution is 2.21. The lowest BCUT2D eigenvalue weighted by Crippen LogP contribution is -2.13. The predicted octanol–water partition coefficient (Wildman–Crippen LogP) is 2.83. The molecule has 1 aromatic carbocycles. The van der Waals surface area contributed by atoms with E-state index >= 15 is 0 Å². The van der Waals surface area contributed by atoms with Crippen LogP contribution in [-0.2, 0) is 0 Å². The number of anilines is 1. The maximum Gasteiger partial charge on any atom is 0.257 e. The van der Waals surface area contributed by atoms with E-state index in [2.05, 4.69) is 10.3 Å². The summed E-state index contributed by atoms with van der Waals surface area (Å²) in [4.78, 5) is 15.6. The first-order chi connectivity index (χ1) is 8.58. The van der Waals surface area contributed by atoms with Crippen LogP contribution in [0.15, 0.2) is 36.7 Å².